The zero-order valence-corrected chi connectivity index (χ0v) is 14.7. The van der Waals surface area contributed by atoms with E-state index in [1.54, 1.807) is 54.9 Å². The highest BCUT2D eigenvalue weighted by molar-refractivity contribution is 5.97. The Morgan fingerprint density at radius 1 is 1.12 bits per heavy atom. The van der Waals surface area contributed by atoms with Crippen molar-refractivity contribution in [3.63, 3.8) is 0 Å². The fraction of sp³-hybridized carbons (Fsp3) is 0.200. The molecule has 0 spiro atoms. The van der Waals surface area contributed by atoms with E-state index in [0.717, 1.165) is 5.56 Å². The maximum atomic E-state index is 13.3. The molecule has 3 aromatic rings. The van der Waals surface area contributed by atoms with Crippen LogP contribution >= 0.6 is 0 Å². The van der Waals surface area contributed by atoms with Crippen molar-refractivity contribution in [2.75, 3.05) is 14.2 Å². The molecule has 3 rings (SSSR count). The van der Waals surface area contributed by atoms with Crippen molar-refractivity contribution < 1.29 is 18.7 Å². The summed E-state index contributed by atoms with van der Waals surface area (Å²) in [6.45, 7) is 0.731. The van der Waals surface area contributed by atoms with Gasteiger partial charge in [-0.1, -0.05) is 6.07 Å². The van der Waals surface area contributed by atoms with Crippen LogP contribution in [-0.2, 0) is 13.1 Å². The fourth-order valence-corrected chi connectivity index (χ4v) is 2.65. The van der Waals surface area contributed by atoms with E-state index in [0.29, 0.717) is 35.9 Å². The Balaban J connectivity index is 1.93. The van der Waals surface area contributed by atoms with E-state index in [1.165, 1.54) is 7.11 Å². The molecule has 0 bridgehead atoms. The van der Waals surface area contributed by atoms with Gasteiger partial charge in [0.05, 0.1) is 32.6 Å². The molecule has 1 amide bonds. The molecule has 6 heteroatoms. The SMILES string of the molecule is COc1ccc(OC)c(C(=O)N(Cc2cccnc2)Cc2ccco2)c1. The van der Waals surface area contributed by atoms with Gasteiger partial charge in [-0.3, -0.25) is 9.78 Å². The maximum Gasteiger partial charge on any atom is 0.258 e. The van der Waals surface area contributed by atoms with Crippen LogP contribution in [0, 0.1) is 0 Å². The van der Waals surface area contributed by atoms with Crippen LogP contribution in [0.5, 0.6) is 11.5 Å². The molecular formula is C20H20N2O4. The Labute approximate surface area is 152 Å². The number of methoxy groups -OCH3 is 2. The molecule has 0 fully saturated rings. The summed E-state index contributed by atoms with van der Waals surface area (Å²) in [4.78, 5) is 19.1. The highest BCUT2D eigenvalue weighted by Gasteiger charge is 2.22. The minimum Gasteiger partial charge on any atom is -0.497 e. The summed E-state index contributed by atoms with van der Waals surface area (Å²) in [5.74, 6) is 1.60. The smallest absolute Gasteiger partial charge is 0.258 e. The maximum absolute atomic E-state index is 13.3. The number of hydrogen-bond donors (Lipinski definition) is 0. The summed E-state index contributed by atoms with van der Waals surface area (Å²) in [5.41, 5.74) is 1.36. The molecule has 134 valence electrons. The van der Waals surface area contributed by atoms with Crippen LogP contribution in [0.25, 0.3) is 0 Å². The number of rotatable bonds is 7. The molecular weight excluding hydrogens is 332 g/mol. The highest BCUT2D eigenvalue weighted by Crippen LogP contribution is 2.26. The van der Waals surface area contributed by atoms with Crippen LogP contribution in [0.3, 0.4) is 0 Å². The van der Waals surface area contributed by atoms with E-state index in [1.807, 2.05) is 18.2 Å². The zero-order chi connectivity index (χ0) is 18.4. The minimum atomic E-state index is -0.180. The second kappa shape index (κ2) is 8.20. The molecule has 0 N–H and O–H groups in total. The predicted molar refractivity (Wildman–Crippen MR) is 96.1 cm³/mol. The number of carbonyl (C=O) groups excluding carboxylic acids is 1. The lowest BCUT2D eigenvalue weighted by molar-refractivity contribution is 0.0713. The number of furan rings is 1. The molecule has 26 heavy (non-hydrogen) atoms. The topological polar surface area (TPSA) is 64.8 Å². The lowest BCUT2D eigenvalue weighted by atomic mass is 10.1. The van der Waals surface area contributed by atoms with Gasteiger partial charge in [0.25, 0.3) is 5.91 Å². The number of nitrogens with zero attached hydrogens (tertiary/aromatic N) is 2. The lowest BCUT2D eigenvalue weighted by Crippen LogP contribution is -2.30. The van der Waals surface area contributed by atoms with E-state index in [-0.39, 0.29) is 5.91 Å². The van der Waals surface area contributed by atoms with Gasteiger partial charge in [-0.15, -0.1) is 0 Å². The van der Waals surface area contributed by atoms with Crippen LogP contribution in [0.4, 0.5) is 0 Å². The first-order chi connectivity index (χ1) is 12.7. The van der Waals surface area contributed by atoms with Crippen molar-refractivity contribution in [2.45, 2.75) is 13.1 Å². The molecule has 1 aromatic carbocycles. The van der Waals surface area contributed by atoms with Crippen molar-refractivity contribution in [3.8, 4) is 11.5 Å². The summed E-state index contributed by atoms with van der Waals surface area (Å²) in [6, 6.07) is 12.6. The summed E-state index contributed by atoms with van der Waals surface area (Å²) in [6.07, 6.45) is 5.03. The van der Waals surface area contributed by atoms with Crippen LogP contribution in [0.1, 0.15) is 21.7 Å². The van der Waals surface area contributed by atoms with Gasteiger partial charge >= 0.3 is 0 Å². The number of amides is 1. The third-order valence-electron chi connectivity index (χ3n) is 3.95. The van der Waals surface area contributed by atoms with Gasteiger partial charge < -0.3 is 18.8 Å². The van der Waals surface area contributed by atoms with E-state index < -0.39 is 0 Å². The van der Waals surface area contributed by atoms with Crippen molar-refractivity contribution in [3.05, 3.63) is 78.0 Å². The molecule has 2 heterocycles. The van der Waals surface area contributed by atoms with Crippen LogP contribution in [0.15, 0.2) is 65.5 Å². The van der Waals surface area contributed by atoms with Gasteiger partial charge in [-0.2, -0.15) is 0 Å². The van der Waals surface area contributed by atoms with Gasteiger partial charge in [0.2, 0.25) is 0 Å². The van der Waals surface area contributed by atoms with Gasteiger partial charge in [-0.25, -0.2) is 0 Å². The monoisotopic (exact) mass is 352 g/mol. The van der Waals surface area contributed by atoms with Gasteiger partial charge in [-0.05, 0) is 42.0 Å². The molecule has 0 unspecified atom stereocenters. The Hall–Kier alpha value is -3.28. The molecule has 0 aliphatic carbocycles. The fourth-order valence-electron chi connectivity index (χ4n) is 2.65. The summed E-state index contributed by atoms with van der Waals surface area (Å²) < 4.78 is 16.0. The number of hydrogen-bond acceptors (Lipinski definition) is 5. The Bertz CT molecular complexity index is 848. The van der Waals surface area contributed by atoms with E-state index in [2.05, 4.69) is 4.98 Å². The molecule has 0 aliphatic heterocycles. The largest absolute Gasteiger partial charge is 0.497 e. The molecule has 0 saturated heterocycles. The van der Waals surface area contributed by atoms with E-state index in [4.69, 9.17) is 13.9 Å². The number of aromatic nitrogens is 1. The molecule has 0 radical (unpaired) electrons. The average Bonchev–Trinajstić information content (AvgIpc) is 3.20. The number of benzene rings is 1. The number of ether oxygens (including phenoxy) is 2. The standard InChI is InChI=1S/C20H20N2O4/c1-24-16-7-8-19(25-2)18(11-16)20(23)22(14-17-6-4-10-26-17)13-15-5-3-9-21-12-15/h3-12H,13-14H2,1-2H3. The van der Waals surface area contributed by atoms with Crippen LogP contribution < -0.4 is 9.47 Å². The number of pyridine rings is 1. The third-order valence-corrected chi connectivity index (χ3v) is 3.95. The van der Waals surface area contributed by atoms with Gasteiger partial charge in [0.15, 0.2) is 0 Å². The second-order valence-corrected chi connectivity index (χ2v) is 5.67. The molecule has 0 saturated carbocycles. The predicted octanol–water partition coefficient (Wildman–Crippen LogP) is 3.53. The number of carbonyl (C=O) groups is 1. The molecule has 6 nitrogen and oxygen atoms in total. The normalized spacial score (nSPS) is 10.4. The summed E-state index contributed by atoms with van der Waals surface area (Å²) >= 11 is 0. The van der Waals surface area contributed by atoms with Crippen LogP contribution in [0.2, 0.25) is 0 Å². The first-order valence-electron chi connectivity index (χ1n) is 8.14. The molecule has 0 aliphatic rings. The van der Waals surface area contributed by atoms with E-state index >= 15 is 0 Å². The molecule has 2 aromatic heterocycles. The molecule has 0 atom stereocenters. The zero-order valence-electron chi connectivity index (χ0n) is 14.7. The Kier molecular flexibility index (Phi) is 5.53. The second-order valence-electron chi connectivity index (χ2n) is 5.67. The summed E-state index contributed by atoms with van der Waals surface area (Å²) in [5, 5.41) is 0. The lowest BCUT2D eigenvalue weighted by Gasteiger charge is -2.23. The van der Waals surface area contributed by atoms with Crippen molar-refractivity contribution in [1.82, 2.24) is 9.88 Å². The van der Waals surface area contributed by atoms with Crippen molar-refractivity contribution in [1.29, 1.82) is 0 Å². The highest BCUT2D eigenvalue weighted by atomic mass is 16.5. The quantitative estimate of drug-likeness (QED) is 0.651. The Morgan fingerprint density at radius 3 is 2.65 bits per heavy atom. The van der Waals surface area contributed by atoms with E-state index in [9.17, 15) is 4.79 Å². The minimum absolute atomic E-state index is 0.180. The van der Waals surface area contributed by atoms with Crippen molar-refractivity contribution >= 4 is 5.91 Å². The van der Waals surface area contributed by atoms with Gasteiger partial charge in [0, 0.05) is 18.9 Å². The summed E-state index contributed by atoms with van der Waals surface area (Å²) in [7, 11) is 3.10. The third kappa shape index (κ3) is 4.03. The Morgan fingerprint density at radius 2 is 2.00 bits per heavy atom. The first-order valence-corrected chi connectivity index (χ1v) is 8.14. The first kappa shape index (κ1) is 17.5. The van der Waals surface area contributed by atoms with Crippen molar-refractivity contribution in [2.24, 2.45) is 0 Å². The van der Waals surface area contributed by atoms with Gasteiger partial charge in [0.1, 0.15) is 17.3 Å². The average molecular weight is 352 g/mol. The van der Waals surface area contributed by atoms with Crippen LogP contribution in [-0.4, -0.2) is 30.0 Å².